The van der Waals surface area contributed by atoms with Crippen molar-refractivity contribution in [2.75, 3.05) is 13.1 Å². The van der Waals surface area contributed by atoms with Crippen LogP contribution in [-0.4, -0.2) is 30.1 Å². The first-order chi connectivity index (χ1) is 9.63. The largest absolute Gasteiger partial charge is 0.311 e. The number of nitrogens with one attached hydrogen (secondary N) is 1. The number of benzene rings is 1. The number of hydrogen-bond donors (Lipinski definition) is 1. The maximum absolute atomic E-state index is 13.5. The fourth-order valence-electron chi connectivity index (χ4n) is 3.04. The number of hydrogen-bond acceptors (Lipinski definition) is 2. The van der Waals surface area contributed by atoms with Crippen molar-refractivity contribution < 1.29 is 4.39 Å². The van der Waals surface area contributed by atoms with E-state index in [1.54, 1.807) is 12.1 Å². The Hall–Kier alpha value is -0.930. The second-order valence-electron chi connectivity index (χ2n) is 5.96. The third-order valence-corrected chi connectivity index (χ3v) is 4.41. The molecule has 1 aliphatic heterocycles. The molecule has 2 rings (SSSR count). The lowest BCUT2D eigenvalue weighted by molar-refractivity contribution is 0.113. The molecular formula is C17H27FN2. The quantitative estimate of drug-likeness (QED) is 0.887. The Morgan fingerprint density at radius 2 is 2.15 bits per heavy atom. The van der Waals surface area contributed by atoms with Crippen LogP contribution < -0.4 is 5.32 Å². The highest BCUT2D eigenvalue weighted by Gasteiger charge is 2.26. The van der Waals surface area contributed by atoms with Crippen LogP contribution in [0.3, 0.4) is 0 Å². The Morgan fingerprint density at radius 3 is 2.85 bits per heavy atom. The van der Waals surface area contributed by atoms with E-state index in [0.29, 0.717) is 12.1 Å². The van der Waals surface area contributed by atoms with Gasteiger partial charge in [0.15, 0.2) is 0 Å². The van der Waals surface area contributed by atoms with Crippen LogP contribution in [0.5, 0.6) is 0 Å². The van der Waals surface area contributed by atoms with Gasteiger partial charge in [0.25, 0.3) is 0 Å². The molecule has 2 atom stereocenters. The summed E-state index contributed by atoms with van der Waals surface area (Å²) < 4.78 is 13.5. The second-order valence-corrected chi connectivity index (χ2v) is 5.96. The van der Waals surface area contributed by atoms with Crippen LogP contribution >= 0.6 is 0 Å². The number of nitrogens with zero attached hydrogens (tertiary/aromatic N) is 1. The van der Waals surface area contributed by atoms with E-state index in [4.69, 9.17) is 0 Å². The summed E-state index contributed by atoms with van der Waals surface area (Å²) >= 11 is 0. The lowest BCUT2D eigenvalue weighted by atomic mass is 10.0. The first-order valence-electron chi connectivity index (χ1n) is 7.86. The minimum absolute atomic E-state index is 0.125. The Bertz CT molecular complexity index is 433. The van der Waals surface area contributed by atoms with Crippen molar-refractivity contribution in [2.45, 2.75) is 58.7 Å². The number of rotatable bonds is 5. The van der Waals surface area contributed by atoms with E-state index in [9.17, 15) is 4.39 Å². The standard InChI is InChI=1S/C17H27FN2/c1-4-6-17-10-19-16(5-2)12-20(17)11-14-9-15(18)8-7-13(14)3/h7-9,16-17,19H,4-6,10-12H2,1-3H3. The maximum atomic E-state index is 13.5. The summed E-state index contributed by atoms with van der Waals surface area (Å²) in [6.07, 6.45) is 3.55. The molecule has 0 bridgehead atoms. The van der Waals surface area contributed by atoms with Crippen molar-refractivity contribution in [1.29, 1.82) is 0 Å². The molecule has 0 aromatic heterocycles. The van der Waals surface area contributed by atoms with Gasteiger partial charge in [-0.05, 0) is 43.0 Å². The predicted molar refractivity (Wildman–Crippen MR) is 82.3 cm³/mol. The third-order valence-electron chi connectivity index (χ3n) is 4.41. The molecule has 1 aliphatic rings. The van der Waals surface area contributed by atoms with Crippen LogP contribution in [0.4, 0.5) is 4.39 Å². The Morgan fingerprint density at radius 1 is 1.35 bits per heavy atom. The average Bonchev–Trinajstić information content (AvgIpc) is 2.45. The molecule has 2 nitrogen and oxygen atoms in total. The monoisotopic (exact) mass is 278 g/mol. The lowest BCUT2D eigenvalue weighted by Crippen LogP contribution is -2.55. The van der Waals surface area contributed by atoms with Gasteiger partial charge in [0.1, 0.15) is 5.82 Å². The summed E-state index contributed by atoms with van der Waals surface area (Å²) in [6.45, 7) is 9.52. The number of aryl methyl sites for hydroxylation is 1. The van der Waals surface area contributed by atoms with Gasteiger partial charge in [-0.1, -0.05) is 26.3 Å². The van der Waals surface area contributed by atoms with Crippen LogP contribution in [-0.2, 0) is 6.54 Å². The summed E-state index contributed by atoms with van der Waals surface area (Å²) in [4.78, 5) is 2.54. The van der Waals surface area contributed by atoms with Crippen LogP contribution in [0.1, 0.15) is 44.2 Å². The van der Waals surface area contributed by atoms with Gasteiger partial charge in [-0.25, -0.2) is 4.39 Å². The van der Waals surface area contributed by atoms with Crippen LogP contribution in [0.2, 0.25) is 0 Å². The van der Waals surface area contributed by atoms with E-state index in [0.717, 1.165) is 31.6 Å². The van der Waals surface area contributed by atoms with E-state index in [2.05, 4.69) is 31.0 Å². The first kappa shape index (κ1) is 15.5. The zero-order chi connectivity index (χ0) is 14.5. The molecule has 1 aromatic carbocycles. The fraction of sp³-hybridized carbons (Fsp3) is 0.647. The molecule has 1 N–H and O–H groups in total. The van der Waals surface area contributed by atoms with Gasteiger partial charge in [0.2, 0.25) is 0 Å². The van der Waals surface area contributed by atoms with Gasteiger partial charge >= 0.3 is 0 Å². The summed E-state index contributed by atoms with van der Waals surface area (Å²) in [7, 11) is 0. The molecule has 0 spiro atoms. The lowest BCUT2D eigenvalue weighted by Gasteiger charge is -2.40. The normalized spacial score (nSPS) is 24.0. The zero-order valence-corrected chi connectivity index (χ0v) is 13.0. The predicted octanol–water partition coefficient (Wildman–Crippen LogP) is 3.49. The molecule has 0 saturated carbocycles. The fourth-order valence-corrected chi connectivity index (χ4v) is 3.04. The smallest absolute Gasteiger partial charge is 0.123 e. The minimum atomic E-state index is -0.125. The molecule has 2 unspecified atom stereocenters. The molecule has 112 valence electrons. The number of piperazine rings is 1. The van der Waals surface area contributed by atoms with Crippen LogP contribution in [0, 0.1) is 12.7 Å². The first-order valence-corrected chi connectivity index (χ1v) is 7.86. The van der Waals surface area contributed by atoms with Gasteiger partial charge in [-0.2, -0.15) is 0 Å². The molecule has 3 heteroatoms. The van der Waals surface area contributed by atoms with Crippen LogP contribution in [0.15, 0.2) is 18.2 Å². The maximum Gasteiger partial charge on any atom is 0.123 e. The molecule has 1 aromatic rings. The topological polar surface area (TPSA) is 15.3 Å². The molecule has 1 fully saturated rings. The SMILES string of the molecule is CCCC1CNC(CC)CN1Cc1cc(F)ccc1C. The van der Waals surface area contributed by atoms with E-state index in [1.807, 2.05) is 6.07 Å². The van der Waals surface area contributed by atoms with Crippen molar-refractivity contribution in [3.63, 3.8) is 0 Å². The molecule has 1 heterocycles. The van der Waals surface area contributed by atoms with Crippen molar-refractivity contribution >= 4 is 0 Å². The Labute approximate surface area is 122 Å². The zero-order valence-electron chi connectivity index (χ0n) is 13.0. The van der Waals surface area contributed by atoms with E-state index in [1.165, 1.54) is 18.4 Å². The van der Waals surface area contributed by atoms with E-state index >= 15 is 0 Å². The molecule has 1 saturated heterocycles. The highest BCUT2D eigenvalue weighted by molar-refractivity contribution is 5.26. The highest BCUT2D eigenvalue weighted by atomic mass is 19.1. The average molecular weight is 278 g/mol. The van der Waals surface area contributed by atoms with Gasteiger partial charge in [0.05, 0.1) is 0 Å². The third kappa shape index (κ3) is 3.80. The molecule has 0 amide bonds. The minimum Gasteiger partial charge on any atom is -0.311 e. The van der Waals surface area contributed by atoms with Gasteiger partial charge in [0, 0.05) is 31.7 Å². The van der Waals surface area contributed by atoms with Crippen molar-refractivity contribution in [2.24, 2.45) is 0 Å². The molecule has 0 radical (unpaired) electrons. The number of halogens is 1. The summed E-state index contributed by atoms with van der Waals surface area (Å²) in [5, 5.41) is 3.63. The Kier molecular flexibility index (Phi) is 5.55. The Balaban J connectivity index is 2.11. The van der Waals surface area contributed by atoms with Gasteiger partial charge < -0.3 is 5.32 Å². The van der Waals surface area contributed by atoms with E-state index in [-0.39, 0.29) is 5.82 Å². The summed E-state index contributed by atoms with van der Waals surface area (Å²) in [5.41, 5.74) is 2.32. The molecule has 0 aliphatic carbocycles. The second kappa shape index (κ2) is 7.19. The van der Waals surface area contributed by atoms with E-state index < -0.39 is 0 Å². The molecule has 20 heavy (non-hydrogen) atoms. The highest BCUT2D eigenvalue weighted by Crippen LogP contribution is 2.19. The van der Waals surface area contributed by atoms with Crippen molar-refractivity contribution in [3.8, 4) is 0 Å². The molecular weight excluding hydrogens is 251 g/mol. The summed E-state index contributed by atoms with van der Waals surface area (Å²) in [6, 6.07) is 6.28. The van der Waals surface area contributed by atoms with Crippen molar-refractivity contribution in [1.82, 2.24) is 10.2 Å². The van der Waals surface area contributed by atoms with Gasteiger partial charge in [-0.3, -0.25) is 4.90 Å². The van der Waals surface area contributed by atoms with Crippen LogP contribution in [0.25, 0.3) is 0 Å². The summed E-state index contributed by atoms with van der Waals surface area (Å²) in [5.74, 6) is -0.125. The van der Waals surface area contributed by atoms with Crippen molar-refractivity contribution in [3.05, 3.63) is 35.1 Å². The van der Waals surface area contributed by atoms with Gasteiger partial charge in [-0.15, -0.1) is 0 Å².